The van der Waals surface area contributed by atoms with Crippen LogP contribution in [0, 0.1) is 6.92 Å². The molecule has 0 atom stereocenters. The lowest BCUT2D eigenvalue weighted by Crippen LogP contribution is -1.99. The Morgan fingerprint density at radius 3 is 2.44 bits per heavy atom. The summed E-state index contributed by atoms with van der Waals surface area (Å²) in [6.45, 7) is 1.83. The average Bonchev–Trinajstić information content (AvgIpc) is 2.36. The molecule has 0 fully saturated rings. The van der Waals surface area contributed by atoms with Crippen LogP contribution in [0.3, 0.4) is 0 Å². The van der Waals surface area contributed by atoms with Crippen LogP contribution in [0.4, 0.5) is 5.69 Å². The van der Waals surface area contributed by atoms with Gasteiger partial charge in [-0.25, -0.2) is 4.98 Å². The first-order chi connectivity index (χ1) is 8.51. The third kappa shape index (κ3) is 1.82. The normalized spacial score (nSPS) is 10.7. The third-order valence-corrected chi connectivity index (χ3v) is 3.60. The van der Waals surface area contributed by atoms with Crippen LogP contribution in [0.1, 0.15) is 5.56 Å². The molecule has 1 aromatic carbocycles. The largest absolute Gasteiger partial charge is 0.494 e. The highest BCUT2D eigenvalue weighted by Crippen LogP contribution is 2.42. The summed E-state index contributed by atoms with van der Waals surface area (Å²) in [4.78, 5) is 4.23. The van der Waals surface area contributed by atoms with Gasteiger partial charge in [-0.3, -0.25) is 0 Å². The first-order valence-corrected chi connectivity index (χ1v) is 5.92. The lowest BCUT2D eigenvalue weighted by molar-refractivity contribution is 0.411. The smallest absolute Gasteiger partial charge is 0.151 e. The molecule has 0 amide bonds. The van der Waals surface area contributed by atoms with E-state index in [1.54, 1.807) is 20.3 Å². The van der Waals surface area contributed by atoms with Crippen molar-refractivity contribution in [1.29, 1.82) is 0 Å². The van der Waals surface area contributed by atoms with Crippen molar-refractivity contribution < 1.29 is 9.47 Å². The summed E-state index contributed by atoms with van der Waals surface area (Å²) < 4.78 is 10.6. The number of rotatable bonds is 2. The summed E-state index contributed by atoms with van der Waals surface area (Å²) in [5, 5.41) is 1.32. The highest BCUT2D eigenvalue weighted by Gasteiger charge is 2.18. The van der Waals surface area contributed by atoms with Crippen LogP contribution in [0.2, 0.25) is 10.2 Å². The molecule has 18 heavy (non-hydrogen) atoms. The fourth-order valence-electron chi connectivity index (χ4n) is 1.90. The fraction of sp³-hybridized carbons (Fsp3) is 0.250. The highest BCUT2D eigenvalue weighted by molar-refractivity contribution is 6.42. The van der Waals surface area contributed by atoms with E-state index in [-0.39, 0.29) is 5.15 Å². The summed E-state index contributed by atoms with van der Waals surface area (Å²) in [6.07, 6.45) is 0. The van der Waals surface area contributed by atoms with Crippen molar-refractivity contribution in [3.05, 3.63) is 21.8 Å². The van der Waals surface area contributed by atoms with Crippen molar-refractivity contribution in [2.75, 3.05) is 20.0 Å². The van der Waals surface area contributed by atoms with Crippen LogP contribution >= 0.6 is 23.2 Å². The van der Waals surface area contributed by atoms with Gasteiger partial charge in [0.15, 0.2) is 5.75 Å². The van der Waals surface area contributed by atoms with Crippen molar-refractivity contribution in [1.82, 2.24) is 4.98 Å². The number of anilines is 1. The van der Waals surface area contributed by atoms with E-state index in [1.165, 1.54) is 0 Å². The molecule has 2 rings (SSSR count). The van der Waals surface area contributed by atoms with Gasteiger partial charge in [-0.2, -0.15) is 0 Å². The Hall–Kier alpha value is -1.39. The van der Waals surface area contributed by atoms with E-state index < -0.39 is 0 Å². The maximum atomic E-state index is 6.10. The zero-order valence-electron chi connectivity index (χ0n) is 10.2. The zero-order valence-corrected chi connectivity index (χ0v) is 11.7. The predicted octanol–water partition coefficient (Wildman–Crippen LogP) is 3.45. The molecule has 0 unspecified atom stereocenters. The van der Waals surface area contributed by atoms with E-state index in [0.717, 1.165) is 5.56 Å². The van der Waals surface area contributed by atoms with Crippen molar-refractivity contribution in [2.45, 2.75) is 6.92 Å². The second-order valence-electron chi connectivity index (χ2n) is 3.77. The van der Waals surface area contributed by atoms with Crippen LogP contribution in [-0.4, -0.2) is 19.2 Å². The molecule has 2 aromatic rings. The SMILES string of the molecule is COc1cc(N)c(OC)c2c(C)c(Cl)c(Cl)nc12. The number of hydrogen-bond acceptors (Lipinski definition) is 4. The van der Waals surface area contributed by atoms with Crippen LogP contribution < -0.4 is 15.2 Å². The molecule has 0 spiro atoms. The Labute approximate surface area is 115 Å². The number of aromatic nitrogens is 1. The Morgan fingerprint density at radius 2 is 1.89 bits per heavy atom. The molecule has 0 saturated carbocycles. The molecule has 6 heteroatoms. The van der Waals surface area contributed by atoms with Gasteiger partial charge in [-0.1, -0.05) is 23.2 Å². The zero-order chi connectivity index (χ0) is 13.4. The molecular weight excluding hydrogens is 275 g/mol. The monoisotopic (exact) mass is 286 g/mol. The molecule has 2 N–H and O–H groups in total. The molecule has 0 saturated heterocycles. The highest BCUT2D eigenvalue weighted by atomic mass is 35.5. The number of nitrogens with two attached hydrogens (primary N) is 1. The number of benzene rings is 1. The quantitative estimate of drug-likeness (QED) is 0.679. The van der Waals surface area contributed by atoms with Gasteiger partial charge < -0.3 is 15.2 Å². The first-order valence-electron chi connectivity index (χ1n) is 5.17. The maximum Gasteiger partial charge on any atom is 0.151 e. The maximum absolute atomic E-state index is 6.10. The van der Waals surface area contributed by atoms with Crippen molar-refractivity contribution in [2.24, 2.45) is 0 Å². The molecule has 0 aliphatic rings. The Kier molecular flexibility index (Phi) is 3.41. The van der Waals surface area contributed by atoms with Gasteiger partial charge >= 0.3 is 0 Å². The van der Waals surface area contributed by atoms with E-state index in [9.17, 15) is 0 Å². The Morgan fingerprint density at radius 1 is 1.22 bits per heavy atom. The van der Waals surface area contributed by atoms with E-state index in [0.29, 0.717) is 33.1 Å². The van der Waals surface area contributed by atoms with E-state index in [2.05, 4.69) is 4.98 Å². The van der Waals surface area contributed by atoms with Crippen LogP contribution in [0.5, 0.6) is 11.5 Å². The summed E-state index contributed by atoms with van der Waals surface area (Å²) >= 11 is 12.1. The molecule has 1 aromatic heterocycles. The molecule has 96 valence electrons. The van der Waals surface area contributed by atoms with E-state index in [1.807, 2.05) is 6.92 Å². The van der Waals surface area contributed by atoms with E-state index >= 15 is 0 Å². The number of halogens is 2. The topological polar surface area (TPSA) is 57.4 Å². The van der Waals surface area contributed by atoms with Gasteiger partial charge in [0.05, 0.1) is 30.3 Å². The molecule has 0 bridgehead atoms. The summed E-state index contributed by atoms with van der Waals surface area (Å²) in [6, 6.07) is 1.65. The van der Waals surface area contributed by atoms with Crippen LogP contribution in [0.15, 0.2) is 6.07 Å². The molecular formula is C12H12Cl2N2O2. The van der Waals surface area contributed by atoms with Gasteiger partial charge in [-0.05, 0) is 12.5 Å². The lowest BCUT2D eigenvalue weighted by atomic mass is 10.1. The minimum atomic E-state index is 0.229. The number of fused-ring (bicyclic) bond motifs is 1. The second kappa shape index (κ2) is 4.71. The molecule has 0 radical (unpaired) electrons. The van der Waals surface area contributed by atoms with Crippen LogP contribution in [0.25, 0.3) is 10.9 Å². The van der Waals surface area contributed by atoms with Crippen LogP contribution in [-0.2, 0) is 0 Å². The summed E-state index contributed by atoms with van der Waals surface area (Å²) in [5.41, 5.74) is 7.72. The Bertz CT molecular complexity index is 629. The van der Waals surface area contributed by atoms with Gasteiger partial charge in [0, 0.05) is 6.07 Å². The lowest BCUT2D eigenvalue weighted by Gasteiger charge is -2.15. The van der Waals surface area contributed by atoms with Gasteiger partial charge in [0.25, 0.3) is 0 Å². The van der Waals surface area contributed by atoms with Crippen molar-refractivity contribution in [3.8, 4) is 11.5 Å². The third-order valence-electron chi connectivity index (χ3n) is 2.77. The molecule has 4 nitrogen and oxygen atoms in total. The molecule has 0 aliphatic heterocycles. The standard InChI is InChI=1S/C12H12Cl2N2O2/c1-5-8-10(16-12(14)9(5)13)7(17-2)4-6(15)11(8)18-3/h4H,15H2,1-3H3. The minimum absolute atomic E-state index is 0.229. The Balaban J connectivity index is 3.03. The summed E-state index contributed by atoms with van der Waals surface area (Å²) in [5.74, 6) is 1.05. The predicted molar refractivity (Wildman–Crippen MR) is 74.0 cm³/mol. The average molecular weight is 287 g/mol. The van der Waals surface area contributed by atoms with Crippen molar-refractivity contribution >= 4 is 39.8 Å². The second-order valence-corrected chi connectivity index (χ2v) is 4.50. The van der Waals surface area contributed by atoms with Gasteiger partial charge in [-0.15, -0.1) is 0 Å². The van der Waals surface area contributed by atoms with Crippen molar-refractivity contribution in [3.63, 3.8) is 0 Å². The van der Waals surface area contributed by atoms with Gasteiger partial charge in [0.1, 0.15) is 16.4 Å². The van der Waals surface area contributed by atoms with Gasteiger partial charge in [0.2, 0.25) is 0 Å². The van der Waals surface area contributed by atoms with E-state index in [4.69, 9.17) is 38.4 Å². The minimum Gasteiger partial charge on any atom is -0.494 e. The number of hydrogen-bond donors (Lipinski definition) is 1. The fourth-order valence-corrected chi connectivity index (χ4v) is 2.26. The number of nitrogen functional groups attached to an aromatic ring is 1. The number of ether oxygens (including phenoxy) is 2. The molecule has 1 heterocycles. The molecule has 0 aliphatic carbocycles. The summed E-state index contributed by atoms with van der Waals surface area (Å²) in [7, 11) is 3.08. The number of methoxy groups -OCH3 is 2. The number of pyridine rings is 1. The number of nitrogens with zero attached hydrogens (tertiary/aromatic N) is 1. The number of aryl methyl sites for hydroxylation is 1. The first kappa shape index (κ1) is 13.1.